The van der Waals surface area contributed by atoms with Crippen molar-refractivity contribution >= 4 is 0 Å². The van der Waals surface area contributed by atoms with Gasteiger partial charge >= 0.3 is 0 Å². The number of ether oxygens (including phenoxy) is 3. The molecule has 1 aliphatic rings. The average molecular weight is 381 g/mol. The molecule has 0 saturated heterocycles. The maximum absolute atomic E-state index is 6.32. The van der Waals surface area contributed by atoms with Crippen LogP contribution in [-0.2, 0) is 14.2 Å². The fourth-order valence-electron chi connectivity index (χ4n) is 4.56. The van der Waals surface area contributed by atoms with Crippen LogP contribution in [0.2, 0.25) is 0 Å². The molecule has 0 aromatic carbocycles. The van der Waals surface area contributed by atoms with E-state index in [9.17, 15) is 0 Å². The first kappa shape index (κ1) is 24.4. The summed E-state index contributed by atoms with van der Waals surface area (Å²) < 4.78 is 19.0. The van der Waals surface area contributed by atoms with Gasteiger partial charge in [0.1, 0.15) is 0 Å². The Bertz CT molecular complexity index is 400. The van der Waals surface area contributed by atoms with Crippen LogP contribution < -0.4 is 0 Å². The van der Waals surface area contributed by atoms with Gasteiger partial charge in [-0.2, -0.15) is 0 Å². The van der Waals surface area contributed by atoms with Gasteiger partial charge in [-0.05, 0) is 33.6 Å². The molecule has 0 aromatic rings. The SMILES string of the molecule is CCCCCCCCC(CCC)(C1C=CC=C1)C(OCC)(OCC)OCC. The van der Waals surface area contributed by atoms with E-state index in [4.69, 9.17) is 14.2 Å². The van der Waals surface area contributed by atoms with Gasteiger partial charge in [0.05, 0.1) is 5.41 Å². The fraction of sp³-hybridized carbons (Fsp3) is 0.833. The molecule has 0 heterocycles. The molecule has 0 spiro atoms. The number of allylic oxidation sites excluding steroid dienone is 4. The van der Waals surface area contributed by atoms with Crippen LogP contribution in [0.3, 0.4) is 0 Å². The third kappa shape index (κ3) is 6.44. The molecule has 0 amide bonds. The molecule has 3 nitrogen and oxygen atoms in total. The van der Waals surface area contributed by atoms with Crippen LogP contribution >= 0.6 is 0 Å². The van der Waals surface area contributed by atoms with Gasteiger partial charge in [0.25, 0.3) is 5.97 Å². The highest BCUT2D eigenvalue weighted by Gasteiger charge is 2.57. The molecule has 0 N–H and O–H groups in total. The lowest BCUT2D eigenvalue weighted by molar-refractivity contribution is -0.434. The smallest absolute Gasteiger partial charge is 0.289 e. The Hall–Kier alpha value is -0.640. The molecule has 0 aliphatic heterocycles. The molecule has 0 saturated carbocycles. The first-order valence-electron chi connectivity index (χ1n) is 11.4. The zero-order chi connectivity index (χ0) is 20.0. The van der Waals surface area contributed by atoms with Gasteiger partial charge in [-0.3, -0.25) is 0 Å². The quantitative estimate of drug-likeness (QED) is 0.200. The second kappa shape index (κ2) is 13.5. The van der Waals surface area contributed by atoms with Crippen LogP contribution in [0.5, 0.6) is 0 Å². The maximum Gasteiger partial charge on any atom is 0.289 e. The molecule has 0 radical (unpaired) electrons. The van der Waals surface area contributed by atoms with Crippen LogP contribution in [0.4, 0.5) is 0 Å². The molecular weight excluding hydrogens is 336 g/mol. The summed E-state index contributed by atoms with van der Waals surface area (Å²) in [5, 5.41) is 0. The number of hydrogen-bond acceptors (Lipinski definition) is 3. The monoisotopic (exact) mass is 380 g/mol. The molecule has 158 valence electrons. The van der Waals surface area contributed by atoms with Gasteiger partial charge in [0, 0.05) is 25.7 Å². The van der Waals surface area contributed by atoms with E-state index in [1.807, 2.05) is 20.8 Å². The third-order valence-corrected chi connectivity index (χ3v) is 5.67. The molecule has 1 unspecified atom stereocenters. The fourth-order valence-corrected chi connectivity index (χ4v) is 4.56. The molecule has 1 rings (SSSR count). The standard InChI is InChI=1S/C24H44O3/c1-6-11-12-13-14-17-21-23(20-7-2,22-18-15-16-19-22)24(25-8-3,26-9-4)27-10-5/h15-16,18-19,22H,6-14,17,20-21H2,1-5H3. The molecule has 3 heteroatoms. The number of unbranched alkanes of at least 4 members (excludes halogenated alkanes) is 5. The average Bonchev–Trinajstić information content (AvgIpc) is 3.19. The van der Waals surface area contributed by atoms with E-state index in [2.05, 4.69) is 38.2 Å². The molecule has 0 aromatic heterocycles. The van der Waals surface area contributed by atoms with Gasteiger partial charge in [0.2, 0.25) is 0 Å². The lowest BCUT2D eigenvalue weighted by atomic mass is 9.66. The highest BCUT2D eigenvalue weighted by Crippen LogP contribution is 2.52. The summed E-state index contributed by atoms with van der Waals surface area (Å²) in [5.41, 5.74) is -0.196. The van der Waals surface area contributed by atoms with E-state index in [-0.39, 0.29) is 11.3 Å². The maximum atomic E-state index is 6.32. The Balaban J connectivity index is 3.14. The van der Waals surface area contributed by atoms with Crippen molar-refractivity contribution in [3.63, 3.8) is 0 Å². The highest BCUT2D eigenvalue weighted by atomic mass is 16.9. The normalized spacial score (nSPS) is 16.9. The highest BCUT2D eigenvalue weighted by molar-refractivity contribution is 5.22. The summed E-state index contributed by atoms with van der Waals surface area (Å²) in [7, 11) is 0. The molecular formula is C24H44O3. The van der Waals surface area contributed by atoms with E-state index in [1.54, 1.807) is 0 Å². The van der Waals surface area contributed by atoms with Crippen molar-refractivity contribution in [2.45, 2.75) is 98.4 Å². The summed E-state index contributed by atoms with van der Waals surface area (Å²) in [6.45, 7) is 12.4. The first-order chi connectivity index (χ1) is 13.2. The van der Waals surface area contributed by atoms with Crippen LogP contribution in [0.1, 0.15) is 92.4 Å². The van der Waals surface area contributed by atoms with Gasteiger partial charge in [-0.25, -0.2) is 0 Å². The predicted octanol–water partition coefficient (Wildman–Crippen LogP) is 7.03. The lowest BCUT2D eigenvalue weighted by Gasteiger charge is -2.51. The Labute approximate surface area is 168 Å². The minimum Gasteiger partial charge on any atom is -0.327 e. The van der Waals surface area contributed by atoms with Crippen molar-refractivity contribution in [3.8, 4) is 0 Å². The van der Waals surface area contributed by atoms with Crippen LogP contribution in [0, 0.1) is 11.3 Å². The van der Waals surface area contributed by atoms with Gasteiger partial charge in [0.15, 0.2) is 0 Å². The van der Waals surface area contributed by atoms with Crippen LogP contribution in [0.25, 0.3) is 0 Å². The zero-order valence-corrected chi connectivity index (χ0v) is 18.6. The predicted molar refractivity (Wildman–Crippen MR) is 115 cm³/mol. The van der Waals surface area contributed by atoms with Crippen molar-refractivity contribution in [2.75, 3.05) is 19.8 Å². The molecule has 1 atom stereocenters. The van der Waals surface area contributed by atoms with E-state index in [1.165, 1.54) is 38.5 Å². The number of hydrogen-bond donors (Lipinski definition) is 0. The Morgan fingerprint density at radius 2 is 1.15 bits per heavy atom. The van der Waals surface area contributed by atoms with Crippen molar-refractivity contribution in [1.82, 2.24) is 0 Å². The lowest BCUT2D eigenvalue weighted by Crippen LogP contribution is -2.57. The minimum absolute atomic E-state index is 0.196. The number of rotatable bonds is 17. The second-order valence-corrected chi connectivity index (χ2v) is 7.57. The van der Waals surface area contributed by atoms with E-state index < -0.39 is 5.97 Å². The summed E-state index contributed by atoms with van der Waals surface area (Å²) in [6.07, 6.45) is 19.9. The summed E-state index contributed by atoms with van der Waals surface area (Å²) in [6, 6.07) is 0. The summed E-state index contributed by atoms with van der Waals surface area (Å²) in [4.78, 5) is 0. The molecule has 0 bridgehead atoms. The van der Waals surface area contributed by atoms with Crippen LogP contribution in [0.15, 0.2) is 24.3 Å². The van der Waals surface area contributed by atoms with Gasteiger partial charge < -0.3 is 14.2 Å². The van der Waals surface area contributed by atoms with Gasteiger partial charge in [-0.15, -0.1) is 0 Å². The Morgan fingerprint density at radius 3 is 1.63 bits per heavy atom. The van der Waals surface area contributed by atoms with E-state index in [0.717, 1.165) is 19.3 Å². The third-order valence-electron chi connectivity index (χ3n) is 5.67. The second-order valence-electron chi connectivity index (χ2n) is 7.57. The largest absolute Gasteiger partial charge is 0.327 e. The van der Waals surface area contributed by atoms with Crippen LogP contribution in [-0.4, -0.2) is 25.8 Å². The van der Waals surface area contributed by atoms with Crippen molar-refractivity contribution in [2.24, 2.45) is 11.3 Å². The topological polar surface area (TPSA) is 27.7 Å². The Morgan fingerprint density at radius 1 is 0.630 bits per heavy atom. The molecule has 27 heavy (non-hydrogen) atoms. The molecule has 0 fully saturated rings. The van der Waals surface area contributed by atoms with Crippen molar-refractivity contribution in [1.29, 1.82) is 0 Å². The summed E-state index contributed by atoms with van der Waals surface area (Å²) >= 11 is 0. The van der Waals surface area contributed by atoms with Gasteiger partial charge in [-0.1, -0.05) is 83.1 Å². The van der Waals surface area contributed by atoms with E-state index >= 15 is 0 Å². The first-order valence-corrected chi connectivity index (χ1v) is 11.4. The van der Waals surface area contributed by atoms with Crippen molar-refractivity contribution in [3.05, 3.63) is 24.3 Å². The zero-order valence-electron chi connectivity index (χ0n) is 18.6. The minimum atomic E-state index is -0.978. The van der Waals surface area contributed by atoms with E-state index in [0.29, 0.717) is 19.8 Å². The van der Waals surface area contributed by atoms with Crippen molar-refractivity contribution < 1.29 is 14.2 Å². The summed E-state index contributed by atoms with van der Waals surface area (Å²) in [5.74, 6) is -0.688. The Kier molecular flexibility index (Phi) is 12.2. The molecule has 1 aliphatic carbocycles.